The highest BCUT2D eigenvalue weighted by molar-refractivity contribution is 5.87. The topological polar surface area (TPSA) is 79.9 Å². The molecule has 2 heterocycles. The lowest BCUT2D eigenvalue weighted by molar-refractivity contribution is 0.111. The number of nitrogens with zero attached hydrogens (tertiary/aromatic N) is 3. The van der Waals surface area contributed by atoms with Gasteiger partial charge in [-0.1, -0.05) is 6.07 Å². The van der Waals surface area contributed by atoms with Crippen molar-refractivity contribution in [3.05, 3.63) is 65.1 Å². The van der Waals surface area contributed by atoms with Gasteiger partial charge in [-0.2, -0.15) is 5.26 Å². The van der Waals surface area contributed by atoms with Gasteiger partial charge in [0.25, 0.3) is 0 Å². The molecule has 1 aromatic carbocycles. The minimum absolute atomic E-state index is 0.0241. The van der Waals surface area contributed by atoms with E-state index in [9.17, 15) is 10.1 Å². The molecule has 0 radical (unpaired) electrons. The van der Waals surface area contributed by atoms with Gasteiger partial charge in [-0.05, 0) is 62.6 Å². The number of carbonyl (C=O) groups is 1. The van der Waals surface area contributed by atoms with E-state index in [-0.39, 0.29) is 18.2 Å². The molecule has 1 amide bonds. The second kappa shape index (κ2) is 7.96. The van der Waals surface area contributed by atoms with Gasteiger partial charge in [0.05, 0.1) is 30.0 Å². The number of alkyl carbamates (subject to hydrolysis) is 1. The number of hydrogen-bond acceptors (Lipinski definition) is 4. The number of hydrogen-bond donors (Lipinski definition) is 1. The van der Waals surface area contributed by atoms with E-state index in [2.05, 4.69) is 20.9 Å². The molecule has 0 unspecified atom stereocenters. The first-order valence-electron chi connectivity index (χ1n) is 9.96. The number of rotatable bonds is 4. The Morgan fingerprint density at radius 2 is 2.24 bits per heavy atom. The predicted molar refractivity (Wildman–Crippen MR) is 111 cm³/mol. The highest BCUT2D eigenvalue weighted by Gasteiger charge is 2.27. The molecular weight excluding hydrogens is 364 g/mol. The number of carbonyl (C=O) groups excluding carboxylic acids is 1. The molecule has 1 atom stereocenters. The number of nitrogens with one attached hydrogen (secondary N) is 1. The molecule has 0 saturated carbocycles. The molecule has 3 aromatic rings. The summed E-state index contributed by atoms with van der Waals surface area (Å²) in [5.74, 6) is 0. The Balaban J connectivity index is 1.71. The smallest absolute Gasteiger partial charge is 0.407 e. The standard InChI is InChI=1S/C23H24N4O2/c1-15(2)29-23(28)26-17-7-8-19-20-11-16(13-24)6-9-21(20)27(22(19)12-17)14-18-5-3-4-10-25-18/h3-6,9-11,15,17H,7-8,12,14H2,1-2H3,(H,26,28)/t17-/m0/s1. The van der Waals surface area contributed by atoms with Gasteiger partial charge in [-0.3, -0.25) is 4.98 Å². The van der Waals surface area contributed by atoms with Crippen LogP contribution in [0.3, 0.4) is 0 Å². The van der Waals surface area contributed by atoms with Crippen LogP contribution in [0.25, 0.3) is 10.9 Å². The van der Waals surface area contributed by atoms with Gasteiger partial charge in [-0.25, -0.2) is 4.79 Å². The lowest BCUT2D eigenvalue weighted by Crippen LogP contribution is -2.40. The van der Waals surface area contributed by atoms with Crippen LogP contribution in [-0.4, -0.2) is 27.8 Å². The molecule has 4 rings (SSSR count). The molecule has 0 spiro atoms. The molecule has 0 fully saturated rings. The Morgan fingerprint density at radius 1 is 1.38 bits per heavy atom. The SMILES string of the molecule is CC(C)OC(=O)N[C@H]1CCc2c(n(Cc3ccccn3)c3ccc(C#N)cc23)C1. The third-order valence-corrected chi connectivity index (χ3v) is 5.31. The summed E-state index contributed by atoms with van der Waals surface area (Å²) in [5, 5.41) is 13.5. The van der Waals surface area contributed by atoms with Gasteiger partial charge in [-0.15, -0.1) is 0 Å². The van der Waals surface area contributed by atoms with Crippen molar-refractivity contribution in [2.24, 2.45) is 0 Å². The molecule has 1 N–H and O–H groups in total. The van der Waals surface area contributed by atoms with E-state index in [0.29, 0.717) is 12.1 Å². The first kappa shape index (κ1) is 19.0. The Kier molecular flexibility index (Phi) is 5.22. The predicted octanol–water partition coefficient (Wildman–Crippen LogP) is 3.95. The number of benzene rings is 1. The van der Waals surface area contributed by atoms with E-state index < -0.39 is 0 Å². The van der Waals surface area contributed by atoms with Gasteiger partial charge < -0.3 is 14.6 Å². The maximum Gasteiger partial charge on any atom is 0.407 e. The number of amides is 1. The van der Waals surface area contributed by atoms with Crippen LogP contribution in [0.5, 0.6) is 0 Å². The summed E-state index contributed by atoms with van der Waals surface area (Å²) in [6.07, 6.45) is 3.71. The average molecular weight is 388 g/mol. The fourth-order valence-corrected chi connectivity index (χ4v) is 4.09. The van der Waals surface area contributed by atoms with Gasteiger partial charge in [0.2, 0.25) is 0 Å². The highest BCUT2D eigenvalue weighted by atomic mass is 16.6. The van der Waals surface area contributed by atoms with Crippen molar-refractivity contribution in [3.63, 3.8) is 0 Å². The zero-order valence-electron chi connectivity index (χ0n) is 16.7. The number of aryl methyl sites for hydroxylation is 1. The molecule has 1 aliphatic carbocycles. The van der Waals surface area contributed by atoms with Crippen molar-refractivity contribution in [2.45, 2.75) is 51.8 Å². The van der Waals surface area contributed by atoms with Gasteiger partial charge in [0.1, 0.15) is 0 Å². The molecule has 2 aromatic heterocycles. The van der Waals surface area contributed by atoms with Gasteiger partial charge in [0.15, 0.2) is 0 Å². The van der Waals surface area contributed by atoms with Crippen molar-refractivity contribution in [1.29, 1.82) is 5.26 Å². The minimum atomic E-state index is -0.368. The van der Waals surface area contributed by atoms with E-state index in [1.807, 2.05) is 50.2 Å². The summed E-state index contributed by atoms with van der Waals surface area (Å²) in [6, 6.07) is 14.0. The van der Waals surface area contributed by atoms with Gasteiger partial charge >= 0.3 is 6.09 Å². The fraction of sp³-hybridized carbons (Fsp3) is 0.348. The van der Waals surface area contributed by atoms with Crippen molar-refractivity contribution >= 4 is 17.0 Å². The summed E-state index contributed by atoms with van der Waals surface area (Å²) in [4.78, 5) is 16.6. The van der Waals surface area contributed by atoms with Crippen molar-refractivity contribution in [1.82, 2.24) is 14.9 Å². The van der Waals surface area contributed by atoms with Crippen LogP contribution in [0.4, 0.5) is 4.79 Å². The average Bonchev–Trinajstić information content (AvgIpc) is 3.00. The lowest BCUT2D eigenvalue weighted by atomic mass is 9.91. The van der Waals surface area contributed by atoms with Crippen LogP contribution >= 0.6 is 0 Å². The normalized spacial score (nSPS) is 15.7. The number of aromatic nitrogens is 2. The molecule has 1 aliphatic rings. The van der Waals surface area contributed by atoms with Gasteiger partial charge in [0, 0.05) is 35.3 Å². The zero-order chi connectivity index (χ0) is 20.4. The zero-order valence-corrected chi connectivity index (χ0v) is 16.7. The maximum absolute atomic E-state index is 12.1. The lowest BCUT2D eigenvalue weighted by Gasteiger charge is -2.25. The Labute approximate surface area is 170 Å². The molecule has 6 nitrogen and oxygen atoms in total. The molecular formula is C23H24N4O2. The van der Waals surface area contributed by atoms with Crippen molar-refractivity contribution < 1.29 is 9.53 Å². The molecule has 0 aliphatic heterocycles. The maximum atomic E-state index is 12.1. The second-order valence-corrected chi connectivity index (χ2v) is 7.71. The summed E-state index contributed by atoms with van der Waals surface area (Å²) < 4.78 is 7.53. The summed E-state index contributed by atoms with van der Waals surface area (Å²) in [6.45, 7) is 4.34. The monoisotopic (exact) mass is 388 g/mol. The Bertz CT molecular complexity index is 1080. The number of pyridine rings is 1. The first-order valence-corrected chi connectivity index (χ1v) is 9.96. The molecule has 0 saturated heterocycles. The minimum Gasteiger partial charge on any atom is -0.447 e. The van der Waals surface area contributed by atoms with E-state index >= 15 is 0 Å². The van der Waals surface area contributed by atoms with E-state index in [1.54, 1.807) is 6.20 Å². The van der Waals surface area contributed by atoms with Crippen LogP contribution in [0.2, 0.25) is 0 Å². The van der Waals surface area contributed by atoms with Crippen LogP contribution in [0.15, 0.2) is 42.6 Å². The van der Waals surface area contributed by atoms with Crippen molar-refractivity contribution in [2.75, 3.05) is 0 Å². The molecule has 29 heavy (non-hydrogen) atoms. The Hall–Kier alpha value is -3.33. The van der Waals surface area contributed by atoms with Crippen LogP contribution < -0.4 is 5.32 Å². The third kappa shape index (κ3) is 3.95. The largest absolute Gasteiger partial charge is 0.447 e. The quantitative estimate of drug-likeness (QED) is 0.734. The van der Waals surface area contributed by atoms with Crippen molar-refractivity contribution in [3.8, 4) is 6.07 Å². The molecule has 148 valence electrons. The summed E-state index contributed by atoms with van der Waals surface area (Å²) in [7, 11) is 0. The van der Waals surface area contributed by atoms with E-state index in [0.717, 1.165) is 35.9 Å². The van der Waals surface area contributed by atoms with Crippen LogP contribution in [0, 0.1) is 11.3 Å². The summed E-state index contributed by atoms with van der Waals surface area (Å²) >= 11 is 0. The third-order valence-electron chi connectivity index (χ3n) is 5.31. The van der Waals surface area contributed by atoms with E-state index in [4.69, 9.17) is 4.74 Å². The number of fused-ring (bicyclic) bond motifs is 3. The molecule has 6 heteroatoms. The van der Waals surface area contributed by atoms with Crippen LogP contribution in [0.1, 0.15) is 42.8 Å². The Morgan fingerprint density at radius 3 is 2.97 bits per heavy atom. The number of nitriles is 1. The number of ether oxygens (including phenoxy) is 1. The summed E-state index contributed by atoms with van der Waals surface area (Å²) in [5.41, 5.74) is 5.21. The fourth-order valence-electron chi connectivity index (χ4n) is 4.09. The van der Waals surface area contributed by atoms with Crippen LogP contribution in [-0.2, 0) is 24.1 Å². The second-order valence-electron chi connectivity index (χ2n) is 7.71. The van der Waals surface area contributed by atoms with E-state index in [1.165, 1.54) is 11.3 Å². The first-order chi connectivity index (χ1) is 14.0. The molecule has 0 bridgehead atoms. The highest BCUT2D eigenvalue weighted by Crippen LogP contribution is 2.33.